The number of hydrogen-bond acceptors (Lipinski definition) is 3. The van der Waals surface area contributed by atoms with Gasteiger partial charge in [0.1, 0.15) is 0 Å². The Kier molecular flexibility index (Phi) is 2.70. The molecule has 1 amide bonds. The third-order valence-corrected chi connectivity index (χ3v) is 1.74. The van der Waals surface area contributed by atoms with Gasteiger partial charge in [-0.3, -0.25) is 4.79 Å². The molecule has 0 aromatic carbocycles. The van der Waals surface area contributed by atoms with E-state index in [0.717, 1.165) is 0 Å². The highest BCUT2D eigenvalue weighted by molar-refractivity contribution is 5.92. The topological polar surface area (TPSA) is 55.1 Å². The average molecular weight is 182 g/mol. The minimum Gasteiger partial charge on any atom is -0.435 e. The normalized spacial score (nSPS) is 10.5. The number of hydrogen-bond donors (Lipinski definition) is 1. The molecule has 0 aliphatic heterocycles. The number of nitrogens with one attached hydrogen (secondary N) is 1. The Labute approximate surface area is 77.3 Å². The maximum Gasteiger partial charge on any atom is 0.288 e. The highest BCUT2D eigenvalue weighted by atomic mass is 16.4. The summed E-state index contributed by atoms with van der Waals surface area (Å²) >= 11 is 0. The maximum absolute atomic E-state index is 11.2. The molecule has 0 fully saturated rings. The first kappa shape index (κ1) is 9.77. The van der Waals surface area contributed by atoms with Crippen LogP contribution in [0.15, 0.2) is 4.42 Å². The standard InChI is InChI=1S/C9H14N2O2/c1-5(2)9-11-6(3)7(13-9)8(12)10-4/h5H,1-4H3,(H,10,12). The van der Waals surface area contributed by atoms with Crippen LogP contribution in [-0.2, 0) is 0 Å². The summed E-state index contributed by atoms with van der Waals surface area (Å²) in [6.07, 6.45) is 0. The third-order valence-electron chi connectivity index (χ3n) is 1.74. The van der Waals surface area contributed by atoms with Gasteiger partial charge in [-0.25, -0.2) is 4.98 Å². The van der Waals surface area contributed by atoms with E-state index in [4.69, 9.17) is 4.42 Å². The van der Waals surface area contributed by atoms with Crippen LogP contribution in [0.4, 0.5) is 0 Å². The van der Waals surface area contributed by atoms with Crippen LogP contribution in [0.1, 0.15) is 41.9 Å². The van der Waals surface area contributed by atoms with Crippen molar-refractivity contribution in [2.75, 3.05) is 7.05 Å². The van der Waals surface area contributed by atoms with Gasteiger partial charge in [-0.1, -0.05) is 13.8 Å². The lowest BCUT2D eigenvalue weighted by Crippen LogP contribution is -2.17. The molecule has 0 radical (unpaired) electrons. The molecule has 1 aromatic heterocycles. The van der Waals surface area contributed by atoms with E-state index in [1.807, 2.05) is 13.8 Å². The van der Waals surface area contributed by atoms with Gasteiger partial charge in [0.25, 0.3) is 5.91 Å². The Morgan fingerprint density at radius 2 is 2.15 bits per heavy atom. The number of aryl methyl sites for hydroxylation is 1. The highest BCUT2D eigenvalue weighted by Gasteiger charge is 2.17. The lowest BCUT2D eigenvalue weighted by molar-refractivity contribution is 0.0932. The average Bonchev–Trinajstić information content (AvgIpc) is 2.46. The first-order valence-corrected chi connectivity index (χ1v) is 4.25. The number of carbonyl (C=O) groups is 1. The first-order chi connectivity index (χ1) is 6.06. The zero-order valence-corrected chi connectivity index (χ0v) is 8.34. The Balaban J connectivity index is 3.03. The summed E-state index contributed by atoms with van der Waals surface area (Å²) in [7, 11) is 1.57. The van der Waals surface area contributed by atoms with Gasteiger partial charge in [-0.15, -0.1) is 0 Å². The van der Waals surface area contributed by atoms with Crippen LogP contribution in [0.5, 0.6) is 0 Å². The van der Waals surface area contributed by atoms with E-state index >= 15 is 0 Å². The lowest BCUT2D eigenvalue weighted by atomic mass is 10.2. The summed E-state index contributed by atoms with van der Waals surface area (Å²) in [5.74, 6) is 0.899. The maximum atomic E-state index is 11.2. The number of oxazole rings is 1. The fraction of sp³-hybridized carbons (Fsp3) is 0.556. The fourth-order valence-corrected chi connectivity index (χ4v) is 0.988. The predicted molar refractivity (Wildman–Crippen MR) is 48.7 cm³/mol. The summed E-state index contributed by atoms with van der Waals surface area (Å²) in [4.78, 5) is 15.4. The van der Waals surface area contributed by atoms with Gasteiger partial charge in [-0.05, 0) is 6.92 Å². The van der Waals surface area contributed by atoms with Gasteiger partial charge in [0.05, 0.1) is 5.69 Å². The molecule has 0 bridgehead atoms. The number of aromatic nitrogens is 1. The number of nitrogens with zero attached hydrogens (tertiary/aromatic N) is 1. The Morgan fingerprint density at radius 3 is 2.54 bits per heavy atom. The molecule has 4 nitrogen and oxygen atoms in total. The molecule has 1 rings (SSSR count). The minimum absolute atomic E-state index is 0.206. The smallest absolute Gasteiger partial charge is 0.288 e. The molecule has 13 heavy (non-hydrogen) atoms. The monoisotopic (exact) mass is 182 g/mol. The van der Waals surface area contributed by atoms with Crippen LogP contribution < -0.4 is 5.32 Å². The highest BCUT2D eigenvalue weighted by Crippen LogP contribution is 2.17. The summed E-state index contributed by atoms with van der Waals surface area (Å²) in [6, 6.07) is 0. The van der Waals surface area contributed by atoms with Crippen LogP contribution in [-0.4, -0.2) is 17.9 Å². The summed E-state index contributed by atoms with van der Waals surface area (Å²) < 4.78 is 5.31. The number of amides is 1. The van der Waals surface area contributed by atoms with E-state index in [0.29, 0.717) is 17.3 Å². The van der Waals surface area contributed by atoms with Crippen LogP contribution in [0.3, 0.4) is 0 Å². The van der Waals surface area contributed by atoms with Gasteiger partial charge >= 0.3 is 0 Å². The quantitative estimate of drug-likeness (QED) is 0.753. The molecular weight excluding hydrogens is 168 g/mol. The SMILES string of the molecule is CNC(=O)c1oc(C(C)C)nc1C. The Bertz CT molecular complexity index is 315. The van der Waals surface area contributed by atoms with E-state index in [1.54, 1.807) is 14.0 Å². The molecule has 1 heterocycles. The molecule has 0 aliphatic carbocycles. The Morgan fingerprint density at radius 1 is 1.54 bits per heavy atom. The van der Waals surface area contributed by atoms with Gasteiger partial charge in [0.15, 0.2) is 5.89 Å². The van der Waals surface area contributed by atoms with E-state index < -0.39 is 0 Å². The molecule has 0 saturated heterocycles. The molecule has 0 saturated carbocycles. The zero-order valence-electron chi connectivity index (χ0n) is 8.34. The van der Waals surface area contributed by atoms with Crippen LogP contribution in [0.25, 0.3) is 0 Å². The van der Waals surface area contributed by atoms with Crippen molar-refractivity contribution in [2.45, 2.75) is 26.7 Å². The summed E-state index contributed by atoms with van der Waals surface area (Å²) in [6.45, 7) is 5.71. The van der Waals surface area contributed by atoms with Crippen molar-refractivity contribution in [2.24, 2.45) is 0 Å². The molecule has 0 spiro atoms. The van der Waals surface area contributed by atoms with Gasteiger partial charge in [-0.2, -0.15) is 0 Å². The van der Waals surface area contributed by atoms with Gasteiger partial charge in [0.2, 0.25) is 5.76 Å². The van der Waals surface area contributed by atoms with E-state index in [1.165, 1.54) is 0 Å². The lowest BCUT2D eigenvalue weighted by Gasteiger charge is -1.96. The van der Waals surface area contributed by atoms with E-state index in [9.17, 15) is 4.79 Å². The van der Waals surface area contributed by atoms with Crippen LogP contribution >= 0.6 is 0 Å². The molecule has 0 unspecified atom stereocenters. The van der Waals surface area contributed by atoms with Crippen molar-refractivity contribution < 1.29 is 9.21 Å². The first-order valence-electron chi connectivity index (χ1n) is 4.25. The number of carbonyl (C=O) groups excluding carboxylic acids is 1. The van der Waals surface area contributed by atoms with Crippen molar-refractivity contribution >= 4 is 5.91 Å². The molecule has 4 heteroatoms. The molecule has 1 N–H and O–H groups in total. The molecular formula is C9H14N2O2. The number of rotatable bonds is 2. The molecule has 72 valence electrons. The summed E-state index contributed by atoms with van der Waals surface area (Å²) in [5, 5.41) is 2.50. The second kappa shape index (κ2) is 3.60. The van der Waals surface area contributed by atoms with Crippen molar-refractivity contribution in [3.63, 3.8) is 0 Å². The predicted octanol–water partition coefficient (Wildman–Crippen LogP) is 1.47. The van der Waals surface area contributed by atoms with Crippen molar-refractivity contribution in [1.29, 1.82) is 0 Å². The zero-order chi connectivity index (χ0) is 10.0. The fourth-order valence-electron chi connectivity index (χ4n) is 0.988. The Hall–Kier alpha value is -1.32. The summed E-state index contributed by atoms with van der Waals surface area (Å²) in [5.41, 5.74) is 0.642. The largest absolute Gasteiger partial charge is 0.435 e. The van der Waals surface area contributed by atoms with Gasteiger partial charge in [0, 0.05) is 13.0 Å². The second-order valence-corrected chi connectivity index (χ2v) is 3.20. The van der Waals surface area contributed by atoms with Crippen molar-refractivity contribution in [3.05, 3.63) is 17.3 Å². The van der Waals surface area contributed by atoms with Crippen molar-refractivity contribution in [1.82, 2.24) is 10.3 Å². The van der Waals surface area contributed by atoms with E-state index in [-0.39, 0.29) is 11.8 Å². The molecule has 0 aliphatic rings. The van der Waals surface area contributed by atoms with Crippen molar-refractivity contribution in [3.8, 4) is 0 Å². The second-order valence-electron chi connectivity index (χ2n) is 3.20. The minimum atomic E-state index is -0.225. The third kappa shape index (κ3) is 1.88. The molecule has 0 atom stereocenters. The van der Waals surface area contributed by atoms with Crippen LogP contribution in [0.2, 0.25) is 0 Å². The van der Waals surface area contributed by atoms with Crippen LogP contribution in [0, 0.1) is 6.92 Å². The van der Waals surface area contributed by atoms with E-state index in [2.05, 4.69) is 10.3 Å². The molecule has 1 aromatic rings. The van der Waals surface area contributed by atoms with Gasteiger partial charge < -0.3 is 9.73 Å².